The molecule has 0 saturated carbocycles. The van der Waals surface area contributed by atoms with Gasteiger partial charge in [0.15, 0.2) is 5.17 Å². The number of nitrogens with two attached hydrogens (primary N) is 1. The van der Waals surface area contributed by atoms with Gasteiger partial charge in [-0.25, -0.2) is 15.0 Å². The van der Waals surface area contributed by atoms with Crippen molar-refractivity contribution in [3.8, 4) is 5.88 Å². The highest BCUT2D eigenvalue weighted by Crippen LogP contribution is 2.30. The Morgan fingerprint density at radius 2 is 1.72 bits per heavy atom. The molecular formula is C17H14Cl2N4OS. The number of para-hydroxylation sites is 2. The Balaban J connectivity index is 2.00. The molecule has 0 amide bonds. The van der Waals surface area contributed by atoms with E-state index < -0.39 is 0 Å². The molecule has 0 bridgehead atoms. The van der Waals surface area contributed by atoms with Crippen molar-refractivity contribution < 1.29 is 4.74 Å². The summed E-state index contributed by atoms with van der Waals surface area (Å²) >= 11 is 13.7. The molecule has 0 fully saturated rings. The van der Waals surface area contributed by atoms with E-state index in [1.54, 1.807) is 18.2 Å². The van der Waals surface area contributed by atoms with Crippen molar-refractivity contribution in [2.24, 2.45) is 10.7 Å². The molecule has 25 heavy (non-hydrogen) atoms. The predicted molar refractivity (Wildman–Crippen MR) is 105 cm³/mol. The Labute approximate surface area is 159 Å². The number of ether oxygens (including phenoxy) is 1. The lowest BCUT2D eigenvalue weighted by Gasteiger charge is -2.11. The van der Waals surface area contributed by atoms with Crippen LogP contribution in [0.5, 0.6) is 5.88 Å². The number of hydrogen-bond acceptors (Lipinski definition) is 5. The topological polar surface area (TPSA) is 73.4 Å². The van der Waals surface area contributed by atoms with Crippen molar-refractivity contribution in [1.29, 1.82) is 0 Å². The third-order valence-electron chi connectivity index (χ3n) is 3.36. The summed E-state index contributed by atoms with van der Waals surface area (Å²) in [7, 11) is 0. The molecule has 128 valence electrons. The van der Waals surface area contributed by atoms with Crippen LogP contribution in [0, 0.1) is 0 Å². The maximum atomic E-state index is 6.19. The van der Waals surface area contributed by atoms with Crippen molar-refractivity contribution in [3.63, 3.8) is 0 Å². The van der Waals surface area contributed by atoms with Crippen LogP contribution in [0.2, 0.25) is 10.0 Å². The minimum Gasteiger partial charge on any atom is -0.470 e. The van der Waals surface area contributed by atoms with Crippen LogP contribution < -0.4 is 10.5 Å². The number of nitrogens with zero attached hydrogens (tertiary/aromatic N) is 3. The van der Waals surface area contributed by atoms with Crippen LogP contribution in [0.1, 0.15) is 5.56 Å². The summed E-state index contributed by atoms with van der Waals surface area (Å²) in [5.41, 5.74) is 7.90. The molecule has 2 aromatic carbocycles. The smallest absolute Gasteiger partial charge is 0.260 e. The second-order valence-electron chi connectivity index (χ2n) is 4.98. The molecule has 2 N–H and O–H groups in total. The first-order chi connectivity index (χ1) is 12.1. The number of thioether (sulfide) groups is 1. The number of amidine groups is 1. The van der Waals surface area contributed by atoms with Crippen LogP contribution >= 0.6 is 35.0 Å². The summed E-state index contributed by atoms with van der Waals surface area (Å²) in [4.78, 5) is 13.3. The van der Waals surface area contributed by atoms with Crippen molar-refractivity contribution in [2.45, 2.75) is 6.61 Å². The highest BCUT2D eigenvalue weighted by molar-refractivity contribution is 8.13. The van der Waals surface area contributed by atoms with Gasteiger partial charge in [0.2, 0.25) is 5.82 Å². The van der Waals surface area contributed by atoms with Gasteiger partial charge < -0.3 is 10.5 Å². The standard InChI is InChI=1S/C17H14Cl2N4OS/c1-25-17(20)23-15-16(22-14-8-3-2-7-13(14)21-15)24-9-10-11(18)5-4-6-12(10)19/h2-8H,9H2,1H3,(H2,20,21,23). The molecule has 0 radical (unpaired) electrons. The van der Waals surface area contributed by atoms with Crippen molar-refractivity contribution >= 4 is 57.0 Å². The van der Waals surface area contributed by atoms with Crippen LogP contribution in [0.25, 0.3) is 11.0 Å². The van der Waals surface area contributed by atoms with E-state index in [2.05, 4.69) is 15.0 Å². The zero-order chi connectivity index (χ0) is 17.8. The first-order valence-electron chi connectivity index (χ1n) is 7.29. The molecule has 1 aromatic heterocycles. The lowest BCUT2D eigenvalue weighted by molar-refractivity contribution is 0.295. The SMILES string of the molecule is CSC(N)=Nc1nc2ccccc2nc1OCc1c(Cl)cccc1Cl. The number of fused-ring (bicyclic) bond motifs is 1. The monoisotopic (exact) mass is 392 g/mol. The van der Waals surface area contributed by atoms with Crippen molar-refractivity contribution in [3.05, 3.63) is 58.1 Å². The van der Waals surface area contributed by atoms with Gasteiger partial charge in [-0.05, 0) is 30.5 Å². The molecule has 5 nitrogen and oxygen atoms in total. The zero-order valence-electron chi connectivity index (χ0n) is 13.2. The molecule has 0 saturated heterocycles. The van der Waals surface area contributed by atoms with Gasteiger partial charge in [-0.2, -0.15) is 0 Å². The fraction of sp³-hybridized carbons (Fsp3) is 0.118. The summed E-state index contributed by atoms with van der Waals surface area (Å²) < 4.78 is 5.82. The Kier molecular flexibility index (Phi) is 5.63. The average Bonchev–Trinajstić information content (AvgIpc) is 2.61. The van der Waals surface area contributed by atoms with Crippen molar-refractivity contribution in [1.82, 2.24) is 9.97 Å². The van der Waals surface area contributed by atoms with Gasteiger partial charge in [-0.1, -0.05) is 53.2 Å². The van der Waals surface area contributed by atoms with E-state index in [0.29, 0.717) is 37.6 Å². The van der Waals surface area contributed by atoms with E-state index >= 15 is 0 Å². The molecule has 0 aliphatic heterocycles. The van der Waals surface area contributed by atoms with Crippen LogP contribution in [0.3, 0.4) is 0 Å². The van der Waals surface area contributed by atoms with E-state index in [9.17, 15) is 0 Å². The molecule has 8 heteroatoms. The second kappa shape index (κ2) is 7.91. The fourth-order valence-electron chi connectivity index (χ4n) is 2.10. The third kappa shape index (κ3) is 4.15. The van der Waals surface area contributed by atoms with E-state index in [0.717, 1.165) is 0 Å². The Hall–Kier alpha value is -2.02. The molecule has 0 unspecified atom stereocenters. The molecule has 0 spiro atoms. The Morgan fingerprint density at radius 1 is 1.08 bits per heavy atom. The van der Waals surface area contributed by atoms with E-state index in [1.165, 1.54) is 11.8 Å². The number of aromatic nitrogens is 2. The zero-order valence-corrected chi connectivity index (χ0v) is 15.6. The van der Waals surface area contributed by atoms with Gasteiger partial charge in [0.25, 0.3) is 5.88 Å². The van der Waals surface area contributed by atoms with Crippen LogP contribution in [0.4, 0.5) is 5.82 Å². The highest BCUT2D eigenvalue weighted by Gasteiger charge is 2.13. The minimum atomic E-state index is 0.146. The van der Waals surface area contributed by atoms with Crippen LogP contribution in [-0.2, 0) is 6.61 Å². The van der Waals surface area contributed by atoms with Crippen LogP contribution in [-0.4, -0.2) is 21.4 Å². The largest absolute Gasteiger partial charge is 0.470 e. The highest BCUT2D eigenvalue weighted by atomic mass is 35.5. The van der Waals surface area contributed by atoms with Gasteiger partial charge >= 0.3 is 0 Å². The number of rotatable bonds is 4. The van der Waals surface area contributed by atoms with Crippen LogP contribution in [0.15, 0.2) is 47.5 Å². The number of hydrogen-bond donors (Lipinski definition) is 1. The second-order valence-corrected chi connectivity index (χ2v) is 6.63. The van der Waals surface area contributed by atoms with Gasteiger partial charge in [-0.15, -0.1) is 0 Å². The third-order valence-corrected chi connectivity index (χ3v) is 4.58. The predicted octanol–water partition coefficient (Wildman–Crippen LogP) is 4.82. The average molecular weight is 393 g/mol. The Morgan fingerprint density at radius 3 is 2.36 bits per heavy atom. The van der Waals surface area contributed by atoms with E-state index in [-0.39, 0.29) is 12.5 Å². The van der Waals surface area contributed by atoms with Crippen molar-refractivity contribution in [2.75, 3.05) is 6.26 Å². The van der Waals surface area contributed by atoms with E-state index in [1.807, 2.05) is 30.5 Å². The Bertz CT molecular complexity index is 929. The van der Waals surface area contributed by atoms with Gasteiger partial charge in [0.05, 0.1) is 11.0 Å². The lowest BCUT2D eigenvalue weighted by Crippen LogP contribution is -2.06. The summed E-state index contributed by atoms with van der Waals surface area (Å²) in [6, 6.07) is 12.7. The van der Waals surface area contributed by atoms with Gasteiger partial charge in [-0.3, -0.25) is 0 Å². The fourth-order valence-corrected chi connectivity index (χ4v) is 2.79. The lowest BCUT2D eigenvalue weighted by atomic mass is 10.2. The number of aliphatic imine (C=N–C) groups is 1. The van der Waals surface area contributed by atoms with E-state index in [4.69, 9.17) is 33.7 Å². The summed E-state index contributed by atoms with van der Waals surface area (Å²) in [5, 5.41) is 1.41. The molecular weight excluding hydrogens is 379 g/mol. The molecule has 0 aliphatic carbocycles. The number of benzene rings is 2. The molecule has 1 heterocycles. The minimum absolute atomic E-state index is 0.146. The maximum absolute atomic E-state index is 6.19. The quantitative estimate of drug-likeness (QED) is 0.508. The number of halogens is 2. The molecule has 3 aromatic rings. The summed E-state index contributed by atoms with van der Waals surface area (Å²) in [5.74, 6) is 0.584. The summed E-state index contributed by atoms with van der Waals surface area (Å²) in [6.07, 6.45) is 1.83. The van der Waals surface area contributed by atoms with Gasteiger partial charge in [0.1, 0.15) is 6.61 Å². The molecule has 0 aliphatic rings. The van der Waals surface area contributed by atoms with Gasteiger partial charge in [0, 0.05) is 15.6 Å². The summed E-state index contributed by atoms with van der Waals surface area (Å²) in [6.45, 7) is 0.146. The maximum Gasteiger partial charge on any atom is 0.260 e. The normalized spacial score (nSPS) is 11.7. The molecule has 0 atom stereocenters. The first kappa shape index (κ1) is 17.8. The molecule has 3 rings (SSSR count). The first-order valence-corrected chi connectivity index (χ1v) is 9.27.